The number of nitrogens with two attached hydrogens (primary N) is 1. The molecular formula is C22H34N3O+. The van der Waals surface area contributed by atoms with Gasteiger partial charge in [0.2, 0.25) is 0 Å². The van der Waals surface area contributed by atoms with E-state index in [1.54, 1.807) is 0 Å². The van der Waals surface area contributed by atoms with E-state index < -0.39 is 5.54 Å². The Morgan fingerprint density at radius 3 is 2.23 bits per heavy atom. The summed E-state index contributed by atoms with van der Waals surface area (Å²) in [4.78, 5) is 12.4. The highest BCUT2D eigenvalue weighted by molar-refractivity contribution is 5.78. The SMILES string of the molecule is CC(C)[C@H]([NH2+]CC(=O)N[C@](C)(C#N)C1CC1)c1ccc(C(C)(C)C)cc1. The topological polar surface area (TPSA) is 69.5 Å². The summed E-state index contributed by atoms with van der Waals surface area (Å²) in [7, 11) is 0. The molecule has 26 heavy (non-hydrogen) atoms. The van der Waals surface area contributed by atoms with Crippen LogP contribution in [-0.2, 0) is 10.2 Å². The van der Waals surface area contributed by atoms with Crippen molar-refractivity contribution in [1.82, 2.24) is 5.32 Å². The average Bonchev–Trinajstić information content (AvgIpc) is 3.39. The first-order valence-electron chi connectivity index (χ1n) is 9.73. The second-order valence-corrected chi connectivity index (χ2v) is 9.22. The standard InChI is InChI=1S/C22H33N3O/c1-15(2)20(16-7-9-17(10-8-16)21(3,4)5)24-13-19(26)25-22(6,14-23)18-11-12-18/h7-10,15,18,20,24H,11-13H2,1-6H3,(H,25,26)/p+1/t20-,22+/m0/s1. The minimum Gasteiger partial charge on any atom is -0.333 e. The van der Waals surface area contributed by atoms with Crippen molar-refractivity contribution in [3.8, 4) is 6.07 Å². The Bertz CT molecular complexity index is 662. The number of nitrogens with zero attached hydrogens (tertiary/aromatic N) is 1. The van der Waals surface area contributed by atoms with Gasteiger partial charge >= 0.3 is 0 Å². The fraction of sp³-hybridized carbons (Fsp3) is 0.636. The number of rotatable bonds is 7. The maximum atomic E-state index is 12.4. The molecule has 1 aliphatic carbocycles. The first kappa shape index (κ1) is 20.5. The predicted octanol–water partition coefficient (Wildman–Crippen LogP) is 3.05. The molecule has 0 radical (unpaired) electrons. The van der Waals surface area contributed by atoms with E-state index in [9.17, 15) is 10.1 Å². The smallest absolute Gasteiger partial charge is 0.276 e. The zero-order chi connectivity index (χ0) is 19.5. The van der Waals surface area contributed by atoms with Gasteiger partial charge in [0.05, 0.1) is 6.07 Å². The van der Waals surface area contributed by atoms with Gasteiger partial charge in [0.15, 0.2) is 6.54 Å². The molecule has 0 heterocycles. The third kappa shape index (κ3) is 5.08. The molecule has 2 atom stereocenters. The van der Waals surface area contributed by atoms with Crippen LogP contribution in [0, 0.1) is 23.2 Å². The lowest BCUT2D eigenvalue weighted by atomic mass is 9.85. The average molecular weight is 357 g/mol. The van der Waals surface area contributed by atoms with Crippen LogP contribution in [-0.4, -0.2) is 18.0 Å². The summed E-state index contributed by atoms with van der Waals surface area (Å²) in [5.41, 5.74) is 1.98. The van der Waals surface area contributed by atoms with E-state index in [-0.39, 0.29) is 17.4 Å². The number of nitriles is 1. The fourth-order valence-corrected chi connectivity index (χ4v) is 3.46. The lowest BCUT2D eigenvalue weighted by molar-refractivity contribution is -0.692. The minimum absolute atomic E-state index is 0.0575. The van der Waals surface area contributed by atoms with E-state index in [1.807, 2.05) is 6.92 Å². The number of quaternary nitrogens is 1. The molecule has 1 amide bonds. The number of carbonyl (C=O) groups is 1. The Labute approximate surface area is 158 Å². The Kier molecular flexibility index (Phi) is 6.13. The highest BCUT2D eigenvalue weighted by Crippen LogP contribution is 2.39. The zero-order valence-electron chi connectivity index (χ0n) is 17.1. The van der Waals surface area contributed by atoms with Crippen LogP contribution >= 0.6 is 0 Å². The van der Waals surface area contributed by atoms with Gasteiger partial charge in [-0.2, -0.15) is 5.26 Å². The molecule has 0 bridgehead atoms. The number of hydrogen-bond acceptors (Lipinski definition) is 2. The molecule has 4 nitrogen and oxygen atoms in total. The first-order valence-corrected chi connectivity index (χ1v) is 9.73. The molecule has 1 aliphatic rings. The first-order chi connectivity index (χ1) is 12.1. The fourth-order valence-electron chi connectivity index (χ4n) is 3.46. The summed E-state index contributed by atoms with van der Waals surface area (Å²) in [6, 6.07) is 11.3. The molecule has 2 rings (SSSR count). The molecule has 0 unspecified atom stereocenters. The van der Waals surface area contributed by atoms with E-state index in [1.165, 1.54) is 11.1 Å². The summed E-state index contributed by atoms with van der Waals surface area (Å²) in [5, 5.41) is 14.4. The van der Waals surface area contributed by atoms with Crippen LogP contribution in [0.15, 0.2) is 24.3 Å². The van der Waals surface area contributed by atoms with Crippen LogP contribution < -0.4 is 10.6 Å². The number of amides is 1. The van der Waals surface area contributed by atoms with Gasteiger partial charge in [0, 0.05) is 11.5 Å². The van der Waals surface area contributed by atoms with Crippen LogP contribution in [0.3, 0.4) is 0 Å². The molecule has 3 N–H and O–H groups in total. The molecule has 1 aromatic rings. The quantitative estimate of drug-likeness (QED) is 0.788. The third-order valence-electron chi connectivity index (χ3n) is 5.46. The van der Waals surface area contributed by atoms with Crippen LogP contribution in [0.2, 0.25) is 0 Å². The summed E-state index contributed by atoms with van der Waals surface area (Å²) >= 11 is 0. The summed E-state index contributed by atoms with van der Waals surface area (Å²) in [6.07, 6.45) is 2.06. The van der Waals surface area contributed by atoms with Crippen LogP contribution in [0.1, 0.15) is 71.6 Å². The van der Waals surface area contributed by atoms with Gasteiger partial charge in [-0.3, -0.25) is 4.79 Å². The third-order valence-corrected chi connectivity index (χ3v) is 5.46. The molecule has 1 aromatic carbocycles. The van der Waals surface area contributed by atoms with E-state index >= 15 is 0 Å². The van der Waals surface area contributed by atoms with Gasteiger partial charge in [-0.1, -0.05) is 58.9 Å². The van der Waals surface area contributed by atoms with Gasteiger partial charge < -0.3 is 10.6 Å². The van der Waals surface area contributed by atoms with E-state index in [0.29, 0.717) is 18.4 Å². The highest BCUT2D eigenvalue weighted by Gasteiger charge is 2.43. The van der Waals surface area contributed by atoms with Gasteiger partial charge in [0.25, 0.3) is 5.91 Å². The lowest BCUT2D eigenvalue weighted by Crippen LogP contribution is -2.88. The zero-order valence-corrected chi connectivity index (χ0v) is 17.1. The van der Waals surface area contributed by atoms with Crippen molar-refractivity contribution in [3.05, 3.63) is 35.4 Å². The maximum Gasteiger partial charge on any atom is 0.276 e. The molecule has 0 spiro atoms. The Hall–Kier alpha value is -1.86. The lowest BCUT2D eigenvalue weighted by Gasteiger charge is -2.25. The Morgan fingerprint density at radius 2 is 1.81 bits per heavy atom. The molecular weight excluding hydrogens is 322 g/mol. The van der Waals surface area contributed by atoms with Crippen molar-refractivity contribution in [2.24, 2.45) is 11.8 Å². The molecule has 4 heteroatoms. The van der Waals surface area contributed by atoms with Crippen molar-refractivity contribution in [3.63, 3.8) is 0 Å². The van der Waals surface area contributed by atoms with Gasteiger partial charge in [0.1, 0.15) is 11.6 Å². The van der Waals surface area contributed by atoms with Gasteiger partial charge in [-0.05, 0) is 36.7 Å². The number of carbonyl (C=O) groups excluding carboxylic acids is 1. The second-order valence-electron chi connectivity index (χ2n) is 9.22. The summed E-state index contributed by atoms with van der Waals surface area (Å²) in [5.74, 6) is 0.661. The van der Waals surface area contributed by atoms with E-state index in [2.05, 4.69) is 75.6 Å². The predicted molar refractivity (Wildman–Crippen MR) is 104 cm³/mol. The van der Waals surface area contributed by atoms with Gasteiger partial charge in [-0.25, -0.2) is 0 Å². The molecule has 0 aliphatic heterocycles. The molecule has 1 fully saturated rings. The number of hydrogen-bond donors (Lipinski definition) is 2. The molecule has 0 saturated heterocycles. The number of benzene rings is 1. The largest absolute Gasteiger partial charge is 0.333 e. The Morgan fingerprint density at radius 1 is 1.23 bits per heavy atom. The Balaban J connectivity index is 2.00. The van der Waals surface area contributed by atoms with Crippen molar-refractivity contribution in [2.75, 3.05) is 6.54 Å². The van der Waals surface area contributed by atoms with Crippen LogP contribution in [0.4, 0.5) is 0 Å². The van der Waals surface area contributed by atoms with Gasteiger partial charge in [-0.15, -0.1) is 0 Å². The van der Waals surface area contributed by atoms with Crippen LogP contribution in [0.25, 0.3) is 0 Å². The molecule has 1 saturated carbocycles. The molecule has 142 valence electrons. The highest BCUT2D eigenvalue weighted by atomic mass is 16.2. The maximum absolute atomic E-state index is 12.4. The minimum atomic E-state index is -0.716. The van der Waals surface area contributed by atoms with Crippen molar-refractivity contribution in [1.29, 1.82) is 5.26 Å². The normalized spacial score (nSPS) is 18.1. The van der Waals surface area contributed by atoms with Crippen molar-refractivity contribution in [2.45, 2.75) is 71.4 Å². The monoisotopic (exact) mass is 356 g/mol. The van der Waals surface area contributed by atoms with Crippen molar-refractivity contribution >= 4 is 5.91 Å². The van der Waals surface area contributed by atoms with E-state index in [4.69, 9.17) is 0 Å². The summed E-state index contributed by atoms with van der Waals surface area (Å²) in [6.45, 7) is 13.2. The second kappa shape index (κ2) is 7.80. The van der Waals surface area contributed by atoms with Crippen LogP contribution in [0.5, 0.6) is 0 Å². The summed E-state index contributed by atoms with van der Waals surface area (Å²) < 4.78 is 0. The number of nitrogens with one attached hydrogen (secondary N) is 1. The molecule has 0 aromatic heterocycles. The van der Waals surface area contributed by atoms with Crippen molar-refractivity contribution < 1.29 is 10.1 Å². The van der Waals surface area contributed by atoms with E-state index in [0.717, 1.165) is 12.8 Å².